The van der Waals surface area contributed by atoms with Crippen molar-refractivity contribution in [3.05, 3.63) is 60.0 Å². The molecule has 1 amide bonds. The zero-order valence-corrected chi connectivity index (χ0v) is 12.2. The minimum absolute atomic E-state index is 0.349. The lowest BCUT2D eigenvalue weighted by Gasteiger charge is -2.07. The van der Waals surface area contributed by atoms with Crippen molar-refractivity contribution in [3.63, 3.8) is 0 Å². The molecule has 2 heterocycles. The number of benzene rings is 1. The van der Waals surface area contributed by atoms with Gasteiger partial charge in [0.05, 0.1) is 18.2 Å². The number of aromatic nitrogens is 3. The van der Waals surface area contributed by atoms with Crippen LogP contribution in [0.5, 0.6) is 0 Å². The van der Waals surface area contributed by atoms with Crippen LogP contribution < -0.4 is 5.32 Å². The highest BCUT2D eigenvalue weighted by Crippen LogP contribution is 2.14. The van der Waals surface area contributed by atoms with Crippen molar-refractivity contribution in [3.8, 4) is 0 Å². The molecule has 0 bridgehead atoms. The van der Waals surface area contributed by atoms with Crippen LogP contribution in [0.4, 0.5) is 5.69 Å². The predicted octanol–water partition coefficient (Wildman–Crippen LogP) is 2.06. The second kappa shape index (κ2) is 6.18. The molecule has 0 aliphatic rings. The Morgan fingerprint density at radius 2 is 1.87 bits per heavy atom. The van der Waals surface area contributed by atoms with E-state index >= 15 is 0 Å². The topological polar surface area (TPSA) is 94.1 Å². The maximum absolute atomic E-state index is 12.3. The first-order valence-electron chi connectivity index (χ1n) is 6.74. The fourth-order valence-electron chi connectivity index (χ4n) is 2.03. The van der Waals surface area contributed by atoms with Crippen molar-refractivity contribution in [2.45, 2.75) is 0 Å². The van der Waals surface area contributed by atoms with E-state index in [4.69, 9.17) is 0 Å². The molecular weight excluding hydrogens is 296 g/mol. The normalized spacial score (nSPS) is 10.3. The van der Waals surface area contributed by atoms with Crippen LogP contribution in [0.15, 0.2) is 48.9 Å². The van der Waals surface area contributed by atoms with E-state index in [1.807, 2.05) is 0 Å². The standard InChI is InChI=1S/C16H12N4O3/c1-23-16(22)10-3-2-4-12(7-10)20-15(21)11-8-13-14(19-9-11)18-6-5-17-13/h2-9H,1H3,(H,20,21). The molecule has 23 heavy (non-hydrogen) atoms. The molecule has 1 aromatic carbocycles. The van der Waals surface area contributed by atoms with Crippen LogP contribution in [-0.4, -0.2) is 33.9 Å². The Labute approximate surface area is 131 Å². The molecule has 0 spiro atoms. The molecular formula is C16H12N4O3. The highest BCUT2D eigenvalue weighted by molar-refractivity contribution is 6.05. The van der Waals surface area contributed by atoms with Crippen LogP contribution in [0.3, 0.4) is 0 Å². The monoisotopic (exact) mass is 308 g/mol. The summed E-state index contributed by atoms with van der Waals surface area (Å²) in [5.41, 5.74) is 2.19. The quantitative estimate of drug-likeness (QED) is 0.744. The van der Waals surface area contributed by atoms with Crippen LogP contribution >= 0.6 is 0 Å². The number of hydrogen-bond donors (Lipinski definition) is 1. The van der Waals surface area contributed by atoms with Crippen molar-refractivity contribution < 1.29 is 14.3 Å². The molecule has 0 unspecified atom stereocenters. The molecule has 0 atom stereocenters. The molecule has 2 aromatic heterocycles. The van der Waals surface area contributed by atoms with Gasteiger partial charge in [0.2, 0.25) is 0 Å². The molecule has 3 aromatic rings. The third kappa shape index (κ3) is 3.13. The van der Waals surface area contributed by atoms with Gasteiger partial charge in [0.15, 0.2) is 5.65 Å². The number of rotatable bonds is 3. The Hall–Kier alpha value is -3.35. The van der Waals surface area contributed by atoms with Crippen molar-refractivity contribution in [1.29, 1.82) is 0 Å². The number of carbonyl (C=O) groups excluding carboxylic acids is 2. The van der Waals surface area contributed by atoms with Crippen molar-refractivity contribution >= 4 is 28.7 Å². The number of carbonyl (C=O) groups is 2. The third-order valence-corrected chi connectivity index (χ3v) is 3.13. The van der Waals surface area contributed by atoms with E-state index in [-0.39, 0.29) is 5.91 Å². The number of hydrogen-bond acceptors (Lipinski definition) is 6. The molecule has 7 heteroatoms. The summed E-state index contributed by atoms with van der Waals surface area (Å²) in [5.74, 6) is -0.823. The number of nitrogens with zero attached hydrogens (tertiary/aromatic N) is 3. The van der Waals surface area contributed by atoms with Gasteiger partial charge in [-0.2, -0.15) is 0 Å². The first-order chi connectivity index (χ1) is 11.2. The average molecular weight is 308 g/mol. The van der Waals surface area contributed by atoms with Crippen LogP contribution in [-0.2, 0) is 4.74 Å². The summed E-state index contributed by atoms with van der Waals surface area (Å²) in [7, 11) is 1.30. The van der Waals surface area contributed by atoms with Crippen LogP contribution in [0, 0.1) is 0 Å². The SMILES string of the molecule is COC(=O)c1cccc(NC(=O)c2cnc3nccnc3c2)c1. The second-order valence-corrected chi connectivity index (χ2v) is 4.65. The number of fused-ring (bicyclic) bond motifs is 1. The van der Waals surface area contributed by atoms with Gasteiger partial charge < -0.3 is 10.1 Å². The molecule has 0 fully saturated rings. The molecule has 0 saturated carbocycles. The van der Waals surface area contributed by atoms with Crippen molar-refractivity contribution in [2.24, 2.45) is 0 Å². The Balaban J connectivity index is 1.84. The van der Waals surface area contributed by atoms with Gasteiger partial charge >= 0.3 is 5.97 Å². The Morgan fingerprint density at radius 3 is 2.70 bits per heavy atom. The Bertz CT molecular complexity index is 895. The van der Waals surface area contributed by atoms with Crippen LogP contribution in [0.2, 0.25) is 0 Å². The minimum Gasteiger partial charge on any atom is -0.465 e. The Morgan fingerprint density at radius 1 is 1.04 bits per heavy atom. The zero-order chi connectivity index (χ0) is 16.2. The summed E-state index contributed by atoms with van der Waals surface area (Å²) >= 11 is 0. The smallest absolute Gasteiger partial charge is 0.337 e. The second-order valence-electron chi connectivity index (χ2n) is 4.65. The van der Waals surface area contributed by atoms with Gasteiger partial charge in [-0.15, -0.1) is 0 Å². The fourth-order valence-corrected chi connectivity index (χ4v) is 2.03. The number of methoxy groups -OCH3 is 1. The molecule has 0 aliphatic carbocycles. The molecule has 0 radical (unpaired) electrons. The largest absolute Gasteiger partial charge is 0.465 e. The van der Waals surface area contributed by atoms with Gasteiger partial charge in [-0.05, 0) is 24.3 Å². The number of esters is 1. The maximum Gasteiger partial charge on any atom is 0.337 e. The molecule has 1 N–H and O–H groups in total. The van der Waals surface area contributed by atoms with Gasteiger partial charge in [-0.1, -0.05) is 6.07 Å². The summed E-state index contributed by atoms with van der Waals surface area (Å²) in [6.07, 6.45) is 4.50. The van der Waals surface area contributed by atoms with E-state index in [0.29, 0.717) is 28.0 Å². The van der Waals surface area contributed by atoms with Gasteiger partial charge in [0, 0.05) is 24.3 Å². The van der Waals surface area contributed by atoms with Crippen molar-refractivity contribution in [2.75, 3.05) is 12.4 Å². The van der Waals surface area contributed by atoms with E-state index < -0.39 is 5.97 Å². The van der Waals surface area contributed by atoms with Gasteiger partial charge in [0.25, 0.3) is 5.91 Å². The summed E-state index contributed by atoms with van der Waals surface area (Å²) < 4.78 is 4.65. The maximum atomic E-state index is 12.3. The average Bonchev–Trinajstić information content (AvgIpc) is 2.60. The predicted molar refractivity (Wildman–Crippen MR) is 83.1 cm³/mol. The van der Waals surface area contributed by atoms with Gasteiger partial charge in [-0.3, -0.25) is 9.78 Å². The molecule has 0 aliphatic heterocycles. The molecule has 3 rings (SSSR count). The minimum atomic E-state index is -0.469. The van der Waals surface area contributed by atoms with E-state index in [2.05, 4.69) is 25.0 Å². The molecule has 114 valence electrons. The first kappa shape index (κ1) is 14.6. The Kier molecular flexibility index (Phi) is 3.92. The van der Waals surface area contributed by atoms with E-state index in [0.717, 1.165) is 0 Å². The number of ether oxygens (including phenoxy) is 1. The molecule has 0 saturated heterocycles. The summed E-state index contributed by atoms with van der Waals surface area (Å²) in [6.45, 7) is 0. The van der Waals surface area contributed by atoms with E-state index in [1.54, 1.807) is 24.3 Å². The summed E-state index contributed by atoms with van der Waals surface area (Å²) in [5, 5.41) is 2.71. The lowest BCUT2D eigenvalue weighted by Crippen LogP contribution is -2.13. The van der Waals surface area contributed by atoms with Crippen molar-refractivity contribution in [1.82, 2.24) is 15.0 Å². The lowest BCUT2D eigenvalue weighted by atomic mass is 10.2. The third-order valence-electron chi connectivity index (χ3n) is 3.13. The van der Waals surface area contributed by atoms with Gasteiger partial charge in [0.1, 0.15) is 5.52 Å². The number of nitrogens with one attached hydrogen (secondary N) is 1. The highest BCUT2D eigenvalue weighted by atomic mass is 16.5. The highest BCUT2D eigenvalue weighted by Gasteiger charge is 2.11. The summed E-state index contributed by atoms with van der Waals surface area (Å²) in [6, 6.07) is 8.09. The van der Waals surface area contributed by atoms with Gasteiger partial charge in [-0.25, -0.2) is 14.8 Å². The lowest BCUT2D eigenvalue weighted by molar-refractivity contribution is 0.0600. The first-order valence-corrected chi connectivity index (χ1v) is 6.74. The van der Waals surface area contributed by atoms with Crippen LogP contribution in [0.1, 0.15) is 20.7 Å². The molecule has 7 nitrogen and oxygen atoms in total. The van der Waals surface area contributed by atoms with Crippen LogP contribution in [0.25, 0.3) is 11.2 Å². The summed E-state index contributed by atoms with van der Waals surface area (Å²) in [4.78, 5) is 36.1. The van der Waals surface area contributed by atoms with E-state index in [9.17, 15) is 9.59 Å². The number of amides is 1. The number of anilines is 1. The zero-order valence-electron chi connectivity index (χ0n) is 12.2. The fraction of sp³-hybridized carbons (Fsp3) is 0.0625. The number of pyridine rings is 1. The van der Waals surface area contributed by atoms with E-state index in [1.165, 1.54) is 31.8 Å².